The Bertz CT molecular complexity index is 1140. The monoisotopic (exact) mass is 676 g/mol. The molecular weight excluding hydrogens is 609 g/mol. The number of hydrogen-bond donors (Lipinski definition) is 0. The Balaban J connectivity index is 1.89. The summed E-state index contributed by atoms with van der Waals surface area (Å²) in [5.41, 5.74) is 0.710. The van der Waals surface area contributed by atoms with E-state index in [1.54, 1.807) is 0 Å². The maximum absolute atomic E-state index is 13.7. The highest BCUT2D eigenvalue weighted by Crippen LogP contribution is 2.49. The lowest BCUT2D eigenvalue weighted by atomic mass is 9.62. The third-order valence-corrected chi connectivity index (χ3v) is 21.5. The summed E-state index contributed by atoms with van der Waals surface area (Å²) in [6, 6.07) is 0. The highest BCUT2D eigenvalue weighted by atomic mass is 28.4. The Morgan fingerprint density at radius 1 is 0.913 bits per heavy atom. The molecule has 8 heteroatoms. The van der Waals surface area contributed by atoms with Crippen LogP contribution in [0.3, 0.4) is 0 Å². The largest absolute Gasteiger partial charge is 0.462 e. The smallest absolute Gasteiger partial charge is 0.311 e. The van der Waals surface area contributed by atoms with Gasteiger partial charge in [-0.15, -0.1) is 0 Å². The van der Waals surface area contributed by atoms with Crippen molar-refractivity contribution in [3.63, 3.8) is 0 Å². The molecule has 0 aromatic carbocycles. The molecule has 3 rings (SSSR count). The molecule has 0 unspecified atom stereocenters. The van der Waals surface area contributed by atoms with Crippen molar-refractivity contribution in [2.45, 2.75) is 163 Å². The van der Waals surface area contributed by atoms with Crippen LogP contribution in [-0.2, 0) is 27.9 Å². The van der Waals surface area contributed by atoms with E-state index >= 15 is 0 Å². The Morgan fingerprint density at radius 2 is 1.52 bits per heavy atom. The Labute approximate surface area is 284 Å². The first-order valence-corrected chi connectivity index (χ1v) is 23.8. The molecule has 0 N–H and O–H groups in total. The molecule has 0 saturated carbocycles. The highest BCUT2D eigenvalue weighted by Gasteiger charge is 2.49. The van der Waals surface area contributed by atoms with E-state index in [1.165, 1.54) is 5.57 Å². The predicted octanol–water partition coefficient (Wildman–Crippen LogP) is 9.86. The number of esters is 2. The van der Waals surface area contributed by atoms with E-state index in [1.807, 2.05) is 13.8 Å². The van der Waals surface area contributed by atoms with E-state index < -0.39 is 22.0 Å². The summed E-state index contributed by atoms with van der Waals surface area (Å²) in [5, 5.41) is 0.175. The topological polar surface area (TPSA) is 71.1 Å². The molecule has 8 atom stereocenters. The van der Waals surface area contributed by atoms with Gasteiger partial charge in [-0.3, -0.25) is 9.59 Å². The number of rotatable bonds is 11. The molecule has 0 aromatic rings. The van der Waals surface area contributed by atoms with Gasteiger partial charge < -0.3 is 18.3 Å². The quantitative estimate of drug-likeness (QED) is 0.160. The highest BCUT2D eigenvalue weighted by molar-refractivity contribution is 6.74. The van der Waals surface area contributed by atoms with E-state index in [4.69, 9.17) is 18.3 Å². The molecule has 264 valence electrons. The fourth-order valence-electron chi connectivity index (χ4n) is 6.56. The molecule has 3 aliphatic rings. The van der Waals surface area contributed by atoms with Crippen molar-refractivity contribution < 1.29 is 27.9 Å². The van der Waals surface area contributed by atoms with Crippen molar-refractivity contribution in [3.05, 3.63) is 23.8 Å². The van der Waals surface area contributed by atoms with Crippen LogP contribution in [0.5, 0.6) is 0 Å². The van der Waals surface area contributed by atoms with Crippen molar-refractivity contribution in [1.82, 2.24) is 0 Å². The van der Waals surface area contributed by atoms with Crippen LogP contribution in [0.25, 0.3) is 0 Å². The van der Waals surface area contributed by atoms with E-state index in [0.717, 1.165) is 25.7 Å². The molecular formula is C38H68O6Si2. The zero-order valence-electron chi connectivity index (χ0n) is 32.0. The fourth-order valence-corrected chi connectivity index (χ4v) is 8.97. The zero-order chi connectivity index (χ0) is 35.0. The van der Waals surface area contributed by atoms with Gasteiger partial charge in [0.05, 0.1) is 17.9 Å². The fraction of sp³-hybridized carbons (Fsp3) is 0.842. The van der Waals surface area contributed by atoms with Crippen molar-refractivity contribution in [1.29, 1.82) is 0 Å². The van der Waals surface area contributed by atoms with Crippen LogP contribution in [0, 0.1) is 35.0 Å². The average Bonchev–Trinajstić information content (AvgIpc) is 2.90. The maximum Gasteiger partial charge on any atom is 0.311 e. The van der Waals surface area contributed by atoms with Crippen LogP contribution in [0.4, 0.5) is 0 Å². The summed E-state index contributed by atoms with van der Waals surface area (Å²) in [5.74, 6) is 0.622. The van der Waals surface area contributed by atoms with Crippen molar-refractivity contribution in [3.8, 4) is 0 Å². The first-order valence-electron chi connectivity index (χ1n) is 18.0. The minimum atomic E-state index is -2.02. The lowest BCUT2D eigenvalue weighted by Gasteiger charge is -2.48. The van der Waals surface area contributed by atoms with E-state index in [2.05, 4.69) is 107 Å². The summed E-state index contributed by atoms with van der Waals surface area (Å²) in [6.45, 7) is 33.8. The molecule has 6 nitrogen and oxygen atoms in total. The number of carbonyl (C=O) groups is 2. The average molecular weight is 677 g/mol. The van der Waals surface area contributed by atoms with Crippen LogP contribution in [0.1, 0.15) is 108 Å². The van der Waals surface area contributed by atoms with Gasteiger partial charge in [-0.2, -0.15) is 0 Å². The normalized spacial score (nSPS) is 31.2. The van der Waals surface area contributed by atoms with Crippen molar-refractivity contribution in [2.24, 2.45) is 35.0 Å². The van der Waals surface area contributed by atoms with Crippen LogP contribution in [0.15, 0.2) is 23.8 Å². The van der Waals surface area contributed by atoms with E-state index in [0.29, 0.717) is 18.9 Å². The number of carbonyl (C=O) groups excluding carboxylic acids is 2. The van der Waals surface area contributed by atoms with Gasteiger partial charge in [0.15, 0.2) is 16.6 Å². The van der Waals surface area contributed by atoms with Gasteiger partial charge in [-0.1, -0.05) is 80.5 Å². The lowest BCUT2D eigenvalue weighted by molar-refractivity contribution is -0.171. The summed E-state index contributed by atoms with van der Waals surface area (Å²) < 4.78 is 26.1. The summed E-state index contributed by atoms with van der Waals surface area (Å²) in [6.07, 6.45) is 9.90. The molecule has 2 aliphatic carbocycles. The molecule has 1 fully saturated rings. The second-order valence-electron chi connectivity index (χ2n) is 18.4. The minimum absolute atomic E-state index is 0.0653. The first kappa shape index (κ1) is 39.2. The number of cyclic esters (lactones) is 1. The number of ether oxygens (including phenoxy) is 2. The van der Waals surface area contributed by atoms with Crippen molar-refractivity contribution in [2.75, 3.05) is 6.61 Å². The lowest BCUT2D eigenvalue weighted by Crippen LogP contribution is -2.51. The maximum atomic E-state index is 13.7. The van der Waals surface area contributed by atoms with E-state index in [9.17, 15) is 9.59 Å². The summed E-state index contributed by atoms with van der Waals surface area (Å²) >= 11 is 0. The van der Waals surface area contributed by atoms with Gasteiger partial charge in [0.25, 0.3) is 0 Å². The molecule has 0 bridgehead atoms. The van der Waals surface area contributed by atoms with Crippen LogP contribution in [0.2, 0.25) is 36.3 Å². The second-order valence-corrected chi connectivity index (χ2v) is 28.0. The third kappa shape index (κ3) is 9.06. The van der Waals surface area contributed by atoms with Gasteiger partial charge in [-0.05, 0) is 92.7 Å². The van der Waals surface area contributed by atoms with Gasteiger partial charge in [0.2, 0.25) is 0 Å². The van der Waals surface area contributed by atoms with Gasteiger partial charge in [-0.25, -0.2) is 0 Å². The zero-order valence-corrected chi connectivity index (χ0v) is 34.0. The van der Waals surface area contributed by atoms with Gasteiger partial charge in [0.1, 0.15) is 12.2 Å². The standard InChI is InChI=1S/C38H68O6Si2/c1-16-38(10,11)35(40)43-34-31(24-41-45(12,13)36(4,5)6)26(3)21-27-18-17-25(2)30(33(27)34)20-19-28-22-29(23-32(39)42-28)44-46(14,15)37(7,8)9/h17-18,21,25-26,28-31,33-34H,16,19-20,22-24H2,1-15H3/t25-,26-,28+,29+,30-,31+,33-,34-/m0/s1. The van der Waals surface area contributed by atoms with Gasteiger partial charge >= 0.3 is 11.9 Å². The molecule has 46 heavy (non-hydrogen) atoms. The van der Waals surface area contributed by atoms with Crippen LogP contribution >= 0.6 is 0 Å². The SMILES string of the molecule is CCC(C)(C)C(=O)O[C@H]1[C@H](CO[Si](C)(C)C(C)(C)C)[C@@H](C)C=C2C=C[C@H](C)[C@H](CC[C@@H]3C[C@@H](O[Si](C)(C)C(C)(C)C)CC(=O)O3)[C@H]21. The predicted molar refractivity (Wildman–Crippen MR) is 194 cm³/mol. The van der Waals surface area contributed by atoms with Crippen molar-refractivity contribution >= 4 is 28.6 Å². The summed E-state index contributed by atoms with van der Waals surface area (Å²) in [7, 11) is -4.03. The van der Waals surface area contributed by atoms with Gasteiger partial charge in [0, 0.05) is 24.9 Å². The Morgan fingerprint density at radius 3 is 2.09 bits per heavy atom. The first-order chi connectivity index (χ1) is 20.9. The van der Waals surface area contributed by atoms with Crippen LogP contribution in [-0.4, -0.2) is 53.5 Å². The summed E-state index contributed by atoms with van der Waals surface area (Å²) in [4.78, 5) is 26.5. The third-order valence-electron chi connectivity index (χ3n) is 12.5. The number of hydrogen-bond acceptors (Lipinski definition) is 6. The molecule has 1 saturated heterocycles. The Kier molecular flexibility index (Phi) is 12.2. The molecule has 1 heterocycles. The van der Waals surface area contributed by atoms with Crippen LogP contribution < -0.4 is 0 Å². The molecule has 0 radical (unpaired) electrons. The number of fused-ring (bicyclic) bond motifs is 1. The molecule has 0 amide bonds. The second kappa shape index (κ2) is 14.3. The molecule has 1 aliphatic heterocycles. The van der Waals surface area contributed by atoms with E-state index in [-0.39, 0.29) is 64.0 Å². The minimum Gasteiger partial charge on any atom is -0.462 e. The number of allylic oxidation sites excluding steroid dienone is 3. The Hall–Kier alpha value is -1.23. The molecule has 0 aromatic heterocycles. The molecule has 0 spiro atoms.